The third-order valence-electron chi connectivity index (χ3n) is 5.72. The zero-order valence-corrected chi connectivity index (χ0v) is 18.9. The fourth-order valence-electron chi connectivity index (χ4n) is 4.03. The van der Waals surface area contributed by atoms with Gasteiger partial charge in [-0.25, -0.2) is 8.42 Å². The second-order valence-electron chi connectivity index (χ2n) is 7.66. The molecule has 0 aromatic heterocycles. The molecule has 0 spiro atoms. The highest BCUT2D eigenvalue weighted by Gasteiger charge is 2.28. The molecule has 31 heavy (non-hydrogen) atoms. The molecule has 0 unspecified atom stereocenters. The van der Waals surface area contributed by atoms with E-state index in [9.17, 15) is 8.42 Å². The van der Waals surface area contributed by atoms with Crippen LogP contribution in [0.1, 0.15) is 38.7 Å². The first-order valence-electron chi connectivity index (χ1n) is 10.9. The lowest BCUT2D eigenvalue weighted by Crippen LogP contribution is -2.34. The van der Waals surface area contributed by atoms with Gasteiger partial charge in [0.15, 0.2) is 11.5 Å². The van der Waals surface area contributed by atoms with Gasteiger partial charge in [0.2, 0.25) is 16.8 Å². The lowest BCUT2D eigenvalue weighted by atomic mass is 10.1. The highest BCUT2D eigenvalue weighted by Crippen LogP contribution is 2.34. The number of aliphatic imine (C=N–C) groups is 1. The van der Waals surface area contributed by atoms with Crippen molar-refractivity contribution in [2.45, 2.75) is 38.0 Å². The van der Waals surface area contributed by atoms with E-state index in [0.29, 0.717) is 29.4 Å². The van der Waals surface area contributed by atoms with Crippen LogP contribution in [0, 0.1) is 0 Å². The van der Waals surface area contributed by atoms with Gasteiger partial charge in [0.05, 0.1) is 11.4 Å². The first-order valence-corrected chi connectivity index (χ1v) is 12.3. The molecule has 0 bridgehead atoms. The number of rotatable bonds is 7. The molecule has 2 aliphatic heterocycles. The molecular formula is C23H29N3O4S. The van der Waals surface area contributed by atoms with E-state index in [0.717, 1.165) is 42.9 Å². The molecule has 2 aromatic carbocycles. The Bertz CT molecular complexity index is 1060. The summed E-state index contributed by atoms with van der Waals surface area (Å²) < 4.78 is 39.1. The summed E-state index contributed by atoms with van der Waals surface area (Å²) in [5, 5.41) is 0. The summed E-state index contributed by atoms with van der Waals surface area (Å²) in [7, 11) is -3.61. The highest BCUT2D eigenvalue weighted by molar-refractivity contribution is 7.89. The fourth-order valence-corrected chi connectivity index (χ4v) is 5.72. The Kier molecular flexibility index (Phi) is 6.48. The van der Waals surface area contributed by atoms with Crippen LogP contribution in [0.3, 0.4) is 0 Å². The van der Waals surface area contributed by atoms with Gasteiger partial charge in [0.25, 0.3) is 0 Å². The molecule has 0 N–H and O–H groups in total. The second-order valence-corrected chi connectivity index (χ2v) is 9.57. The van der Waals surface area contributed by atoms with E-state index in [1.165, 1.54) is 10.7 Å². The average Bonchev–Trinajstić information content (AvgIpc) is 3.27. The predicted octanol–water partition coefficient (Wildman–Crippen LogP) is 4.19. The maximum atomic E-state index is 13.4. The number of nitrogens with zero attached hydrogens (tertiary/aromatic N) is 3. The van der Waals surface area contributed by atoms with Crippen LogP contribution in [0.2, 0.25) is 0 Å². The molecule has 2 aromatic rings. The minimum absolute atomic E-state index is 0.223. The normalized spacial score (nSPS) is 16.4. The van der Waals surface area contributed by atoms with Crippen molar-refractivity contribution in [1.82, 2.24) is 4.31 Å². The van der Waals surface area contributed by atoms with Crippen molar-refractivity contribution < 1.29 is 17.9 Å². The van der Waals surface area contributed by atoms with Crippen LogP contribution in [0.25, 0.3) is 0 Å². The molecule has 166 valence electrons. The third kappa shape index (κ3) is 4.55. The van der Waals surface area contributed by atoms with E-state index < -0.39 is 10.0 Å². The molecule has 8 heteroatoms. The van der Waals surface area contributed by atoms with Crippen LogP contribution in [0.15, 0.2) is 46.3 Å². The maximum absolute atomic E-state index is 13.4. The Hall–Kier alpha value is -2.58. The topological polar surface area (TPSA) is 71.4 Å². The van der Waals surface area contributed by atoms with Crippen LogP contribution in [-0.2, 0) is 10.0 Å². The molecule has 0 aliphatic carbocycles. The number of hydrogen-bond acceptors (Lipinski definition) is 6. The summed E-state index contributed by atoms with van der Waals surface area (Å²) in [5.41, 5.74) is 2.23. The van der Waals surface area contributed by atoms with E-state index in [1.54, 1.807) is 12.3 Å². The molecular weight excluding hydrogens is 414 g/mol. The summed E-state index contributed by atoms with van der Waals surface area (Å²) in [5.74, 6) is 1.41. The summed E-state index contributed by atoms with van der Waals surface area (Å²) in [4.78, 5) is 7.07. The third-order valence-corrected chi connectivity index (χ3v) is 7.80. The van der Waals surface area contributed by atoms with E-state index >= 15 is 0 Å². The van der Waals surface area contributed by atoms with Gasteiger partial charge in [-0.3, -0.25) is 4.99 Å². The molecule has 0 radical (unpaired) electrons. The largest absolute Gasteiger partial charge is 0.454 e. The van der Waals surface area contributed by atoms with Crippen LogP contribution in [0.4, 0.5) is 11.4 Å². The number of benzene rings is 2. The monoisotopic (exact) mass is 443 g/mol. The van der Waals surface area contributed by atoms with Gasteiger partial charge < -0.3 is 14.4 Å². The van der Waals surface area contributed by atoms with Gasteiger partial charge in [0, 0.05) is 32.4 Å². The average molecular weight is 444 g/mol. The van der Waals surface area contributed by atoms with Crippen molar-refractivity contribution in [2.75, 3.05) is 37.9 Å². The van der Waals surface area contributed by atoms with Gasteiger partial charge in [-0.05, 0) is 61.2 Å². The molecule has 0 saturated carbocycles. The molecule has 7 nitrogen and oxygen atoms in total. The number of sulfonamides is 1. The van der Waals surface area contributed by atoms with Crippen LogP contribution < -0.4 is 14.4 Å². The smallest absolute Gasteiger partial charge is 0.245 e. The van der Waals surface area contributed by atoms with Gasteiger partial charge in [-0.1, -0.05) is 13.8 Å². The Morgan fingerprint density at radius 2 is 1.74 bits per heavy atom. The molecule has 1 fully saturated rings. The summed E-state index contributed by atoms with van der Waals surface area (Å²) in [6.07, 6.45) is 5.06. The zero-order chi connectivity index (χ0) is 21.8. The Morgan fingerprint density at radius 1 is 1.00 bits per heavy atom. The number of fused-ring (bicyclic) bond motifs is 1. The summed E-state index contributed by atoms with van der Waals surface area (Å²) in [6, 6.07) is 11.1. The number of ether oxygens (including phenoxy) is 2. The lowest BCUT2D eigenvalue weighted by molar-refractivity contribution is 0.174. The highest BCUT2D eigenvalue weighted by atomic mass is 32.2. The van der Waals surface area contributed by atoms with E-state index in [-0.39, 0.29) is 6.79 Å². The first kappa shape index (κ1) is 21.6. The van der Waals surface area contributed by atoms with Crippen LogP contribution >= 0.6 is 0 Å². The van der Waals surface area contributed by atoms with Crippen molar-refractivity contribution in [3.05, 3.63) is 42.0 Å². The Balaban J connectivity index is 1.69. The minimum atomic E-state index is -3.61. The predicted molar refractivity (Wildman–Crippen MR) is 122 cm³/mol. The standard InChI is InChI=1S/C23H29N3O4S/c1-3-26(4-2)31(27,28)23-15-19(9-10-20(23)25-12-6-5-7-13-25)24-16-18-8-11-21-22(14-18)30-17-29-21/h8-11,14-16H,3-7,12-13,17H2,1-2H3. The van der Waals surface area contributed by atoms with E-state index in [4.69, 9.17) is 9.47 Å². The molecule has 0 amide bonds. The minimum Gasteiger partial charge on any atom is -0.454 e. The quantitative estimate of drug-likeness (QED) is 0.600. The molecule has 2 aliphatic rings. The van der Waals surface area contributed by atoms with Crippen LogP contribution in [-0.4, -0.2) is 51.9 Å². The van der Waals surface area contributed by atoms with Crippen molar-refractivity contribution >= 4 is 27.6 Å². The number of piperidine rings is 1. The fraction of sp³-hybridized carbons (Fsp3) is 0.435. The molecule has 0 atom stereocenters. The lowest BCUT2D eigenvalue weighted by Gasteiger charge is -2.31. The van der Waals surface area contributed by atoms with Crippen LogP contribution in [0.5, 0.6) is 11.5 Å². The van der Waals surface area contributed by atoms with Gasteiger partial charge in [-0.2, -0.15) is 4.31 Å². The number of anilines is 1. The zero-order valence-electron chi connectivity index (χ0n) is 18.1. The van der Waals surface area contributed by atoms with E-state index in [2.05, 4.69) is 9.89 Å². The van der Waals surface area contributed by atoms with Crippen molar-refractivity contribution in [3.8, 4) is 11.5 Å². The van der Waals surface area contributed by atoms with Crippen molar-refractivity contribution in [1.29, 1.82) is 0 Å². The Morgan fingerprint density at radius 3 is 2.48 bits per heavy atom. The first-order chi connectivity index (χ1) is 15.0. The summed E-state index contributed by atoms with van der Waals surface area (Å²) in [6.45, 7) is 6.57. The van der Waals surface area contributed by atoms with Gasteiger partial charge in [-0.15, -0.1) is 0 Å². The van der Waals surface area contributed by atoms with Crippen molar-refractivity contribution in [3.63, 3.8) is 0 Å². The number of hydrogen-bond donors (Lipinski definition) is 0. The molecule has 2 heterocycles. The maximum Gasteiger partial charge on any atom is 0.245 e. The van der Waals surface area contributed by atoms with E-state index in [1.807, 2.05) is 44.2 Å². The second kappa shape index (κ2) is 9.28. The molecule has 1 saturated heterocycles. The van der Waals surface area contributed by atoms with Gasteiger partial charge >= 0.3 is 0 Å². The van der Waals surface area contributed by atoms with Crippen molar-refractivity contribution in [2.24, 2.45) is 4.99 Å². The Labute approximate surface area is 184 Å². The SMILES string of the molecule is CCN(CC)S(=O)(=O)c1cc(N=Cc2ccc3c(c2)OCO3)ccc1N1CCCCC1. The van der Waals surface area contributed by atoms with Gasteiger partial charge in [0.1, 0.15) is 4.90 Å². The summed E-state index contributed by atoms with van der Waals surface area (Å²) >= 11 is 0. The molecule has 4 rings (SSSR count).